The lowest BCUT2D eigenvalue weighted by Gasteiger charge is -1.96. The predicted octanol–water partition coefficient (Wildman–Crippen LogP) is 1.92. The van der Waals surface area contributed by atoms with Gasteiger partial charge in [0.2, 0.25) is 0 Å². The third-order valence-electron chi connectivity index (χ3n) is 2.44. The van der Waals surface area contributed by atoms with E-state index in [1.54, 1.807) is 0 Å². The Labute approximate surface area is 101 Å². The van der Waals surface area contributed by atoms with Crippen molar-refractivity contribution in [3.05, 3.63) is 33.5 Å². The van der Waals surface area contributed by atoms with Crippen molar-refractivity contribution in [2.45, 2.75) is 0 Å². The van der Waals surface area contributed by atoms with Gasteiger partial charge in [0.1, 0.15) is 0 Å². The summed E-state index contributed by atoms with van der Waals surface area (Å²) in [7, 11) is 1.94. The number of hydrogen-bond acceptors (Lipinski definition) is 2. The van der Waals surface area contributed by atoms with Crippen molar-refractivity contribution < 1.29 is 4.79 Å². The van der Waals surface area contributed by atoms with Crippen molar-refractivity contribution in [3.8, 4) is 0 Å². The van der Waals surface area contributed by atoms with E-state index in [9.17, 15) is 4.79 Å². The zero-order valence-corrected chi connectivity index (χ0v) is 10.5. The molecule has 2 N–H and O–H groups in total. The maximum atomic E-state index is 11.6. The molecule has 0 unspecified atom stereocenters. The van der Waals surface area contributed by atoms with E-state index in [1.807, 2.05) is 29.9 Å². The number of halogens is 1. The van der Waals surface area contributed by atoms with Crippen LogP contribution in [0.15, 0.2) is 24.4 Å². The van der Waals surface area contributed by atoms with Crippen LogP contribution in [0.2, 0.25) is 0 Å². The van der Waals surface area contributed by atoms with Crippen LogP contribution in [0.1, 0.15) is 10.4 Å². The van der Waals surface area contributed by atoms with Gasteiger partial charge in [-0.3, -0.25) is 4.79 Å². The third kappa shape index (κ3) is 1.79. The molecule has 0 bridgehead atoms. The lowest BCUT2D eigenvalue weighted by atomic mass is 10.1. The molecular formula is C11H11IN2O. The quantitative estimate of drug-likeness (QED) is 0.680. The molecule has 1 aromatic heterocycles. The largest absolute Gasteiger partial charge is 0.350 e. The summed E-state index contributed by atoms with van der Waals surface area (Å²) in [5.74, 6) is -0.0122. The van der Waals surface area contributed by atoms with Crippen LogP contribution >= 0.6 is 22.6 Å². The van der Waals surface area contributed by atoms with Crippen molar-refractivity contribution in [2.75, 3.05) is 6.54 Å². The fourth-order valence-corrected chi connectivity index (χ4v) is 2.16. The van der Waals surface area contributed by atoms with Gasteiger partial charge in [0.05, 0.1) is 6.54 Å². The number of carbonyl (C=O) groups excluding carboxylic acids is 1. The summed E-state index contributed by atoms with van der Waals surface area (Å²) in [6.07, 6.45) is 1.84. The zero-order valence-electron chi connectivity index (χ0n) is 8.33. The molecule has 0 atom stereocenters. The van der Waals surface area contributed by atoms with Crippen molar-refractivity contribution in [2.24, 2.45) is 12.8 Å². The highest BCUT2D eigenvalue weighted by Gasteiger charge is 2.12. The second-order valence-electron chi connectivity index (χ2n) is 3.44. The summed E-state index contributed by atoms with van der Waals surface area (Å²) in [5.41, 5.74) is 7.16. The van der Waals surface area contributed by atoms with Gasteiger partial charge in [-0.15, -0.1) is 0 Å². The number of fused-ring (bicyclic) bond motifs is 1. The smallest absolute Gasteiger partial charge is 0.178 e. The fraction of sp³-hybridized carbons (Fsp3) is 0.182. The zero-order chi connectivity index (χ0) is 11.0. The molecule has 0 saturated heterocycles. The van der Waals surface area contributed by atoms with Gasteiger partial charge in [-0.25, -0.2) is 0 Å². The summed E-state index contributed by atoms with van der Waals surface area (Å²) < 4.78 is 3.12. The van der Waals surface area contributed by atoms with Crippen LogP contribution in [0.4, 0.5) is 0 Å². The van der Waals surface area contributed by atoms with Gasteiger partial charge >= 0.3 is 0 Å². The maximum Gasteiger partial charge on any atom is 0.178 e. The Morgan fingerprint density at radius 2 is 2.27 bits per heavy atom. The predicted molar refractivity (Wildman–Crippen MR) is 69.0 cm³/mol. The molecule has 0 aliphatic rings. The summed E-state index contributed by atoms with van der Waals surface area (Å²) in [6.45, 7) is 0.0606. The highest BCUT2D eigenvalue weighted by atomic mass is 127. The lowest BCUT2D eigenvalue weighted by Crippen LogP contribution is -2.13. The van der Waals surface area contributed by atoms with Crippen LogP contribution in [0.5, 0.6) is 0 Å². The summed E-state index contributed by atoms with van der Waals surface area (Å²) >= 11 is 2.26. The first-order chi connectivity index (χ1) is 7.13. The van der Waals surface area contributed by atoms with E-state index in [0.717, 1.165) is 14.5 Å². The molecule has 3 nitrogen and oxygen atoms in total. The van der Waals surface area contributed by atoms with Gasteiger partial charge in [0.25, 0.3) is 0 Å². The standard InChI is InChI=1S/C11H11IN2O/c1-14-6-9(11(15)5-13)8-3-2-7(12)4-10(8)14/h2-4,6H,5,13H2,1H3. The van der Waals surface area contributed by atoms with E-state index < -0.39 is 0 Å². The Morgan fingerprint density at radius 1 is 1.53 bits per heavy atom. The third-order valence-corrected chi connectivity index (χ3v) is 3.11. The van der Waals surface area contributed by atoms with E-state index in [2.05, 4.69) is 28.7 Å². The van der Waals surface area contributed by atoms with E-state index in [4.69, 9.17) is 5.73 Å². The number of Topliss-reactive ketones (excluding diaryl/α,β-unsaturated/α-hetero) is 1. The SMILES string of the molecule is Cn1cc(C(=O)CN)c2ccc(I)cc21. The molecule has 0 spiro atoms. The number of carbonyl (C=O) groups is 1. The maximum absolute atomic E-state index is 11.6. The van der Waals surface area contributed by atoms with E-state index in [0.29, 0.717) is 5.56 Å². The van der Waals surface area contributed by atoms with Crippen LogP contribution in [0.25, 0.3) is 10.9 Å². The van der Waals surface area contributed by atoms with Crippen LogP contribution in [-0.2, 0) is 7.05 Å². The Balaban J connectivity index is 2.73. The molecule has 0 fully saturated rings. The molecule has 0 aliphatic carbocycles. The minimum Gasteiger partial charge on any atom is -0.350 e. The lowest BCUT2D eigenvalue weighted by molar-refractivity contribution is 0.100. The molecule has 2 rings (SSSR count). The first kappa shape index (κ1) is 10.6. The molecule has 0 saturated carbocycles. The number of nitrogens with two attached hydrogens (primary N) is 1. The fourth-order valence-electron chi connectivity index (χ4n) is 1.69. The van der Waals surface area contributed by atoms with Crippen molar-refractivity contribution in [1.29, 1.82) is 0 Å². The number of hydrogen-bond donors (Lipinski definition) is 1. The molecular weight excluding hydrogens is 303 g/mol. The van der Waals surface area contributed by atoms with Crippen LogP contribution in [0, 0.1) is 3.57 Å². The Bertz CT molecular complexity index is 531. The Kier molecular flexibility index (Phi) is 2.79. The number of aryl methyl sites for hydroxylation is 1. The molecule has 1 aromatic carbocycles. The topological polar surface area (TPSA) is 48.0 Å². The Hall–Kier alpha value is -0.880. The second-order valence-corrected chi connectivity index (χ2v) is 4.69. The van der Waals surface area contributed by atoms with E-state index >= 15 is 0 Å². The van der Waals surface area contributed by atoms with E-state index in [1.165, 1.54) is 0 Å². The highest BCUT2D eigenvalue weighted by molar-refractivity contribution is 14.1. The Morgan fingerprint density at radius 3 is 2.93 bits per heavy atom. The molecule has 4 heteroatoms. The van der Waals surface area contributed by atoms with Crippen LogP contribution in [-0.4, -0.2) is 16.9 Å². The van der Waals surface area contributed by atoms with Gasteiger partial charge in [0, 0.05) is 33.3 Å². The number of ketones is 1. The molecule has 0 aliphatic heterocycles. The second kappa shape index (κ2) is 3.94. The molecule has 1 heterocycles. The first-order valence-corrected chi connectivity index (χ1v) is 5.69. The molecule has 0 radical (unpaired) electrons. The van der Waals surface area contributed by atoms with Gasteiger partial charge < -0.3 is 10.3 Å². The number of rotatable bonds is 2. The average Bonchev–Trinajstić information content (AvgIpc) is 2.55. The van der Waals surface area contributed by atoms with Crippen LogP contribution < -0.4 is 5.73 Å². The van der Waals surface area contributed by atoms with Gasteiger partial charge in [-0.05, 0) is 34.7 Å². The number of nitrogens with zero attached hydrogens (tertiary/aromatic N) is 1. The van der Waals surface area contributed by atoms with Crippen molar-refractivity contribution >= 4 is 39.3 Å². The summed E-state index contributed by atoms with van der Waals surface area (Å²) in [4.78, 5) is 11.6. The summed E-state index contributed by atoms with van der Waals surface area (Å²) in [5, 5.41) is 0.980. The molecule has 2 aromatic rings. The number of benzene rings is 1. The molecule has 0 amide bonds. The van der Waals surface area contributed by atoms with Crippen molar-refractivity contribution in [3.63, 3.8) is 0 Å². The monoisotopic (exact) mass is 314 g/mol. The van der Waals surface area contributed by atoms with Crippen molar-refractivity contribution in [1.82, 2.24) is 4.57 Å². The molecule has 78 valence electrons. The van der Waals surface area contributed by atoms with Gasteiger partial charge in [0.15, 0.2) is 5.78 Å². The van der Waals surface area contributed by atoms with Gasteiger partial charge in [-0.2, -0.15) is 0 Å². The van der Waals surface area contributed by atoms with E-state index in [-0.39, 0.29) is 12.3 Å². The minimum absolute atomic E-state index is 0.0122. The minimum atomic E-state index is -0.0122. The summed E-state index contributed by atoms with van der Waals surface area (Å²) in [6, 6.07) is 6.03. The first-order valence-electron chi connectivity index (χ1n) is 4.61. The highest BCUT2D eigenvalue weighted by Crippen LogP contribution is 2.22. The van der Waals surface area contributed by atoms with Crippen LogP contribution in [0.3, 0.4) is 0 Å². The average molecular weight is 314 g/mol. The van der Waals surface area contributed by atoms with Gasteiger partial charge in [-0.1, -0.05) is 6.07 Å². The molecule has 15 heavy (non-hydrogen) atoms. The number of aromatic nitrogens is 1. The normalized spacial score (nSPS) is 10.9.